The number of nitrogens with zero attached hydrogens (tertiary/aromatic N) is 1. The predicted octanol–water partition coefficient (Wildman–Crippen LogP) is 3.65. The smallest absolute Gasteiger partial charge is 0.0595 e. The number of hydrogen-bond donors (Lipinski definition) is 1. The zero-order valence-corrected chi connectivity index (χ0v) is 11.2. The maximum Gasteiger partial charge on any atom is 0.0595 e. The zero-order chi connectivity index (χ0) is 12.5. The van der Waals surface area contributed by atoms with Gasteiger partial charge in [-0.25, -0.2) is 0 Å². The highest BCUT2D eigenvalue weighted by atomic mass is 16.3. The quantitative estimate of drug-likeness (QED) is 0.698. The standard InChI is InChI=1S/C15H25NO/c1-3-4-5-6-7-8-15(17)11-14-10-9-13(2)12-16-14/h9-10,12,15,17H,3-8,11H2,1-2H3. The lowest BCUT2D eigenvalue weighted by atomic mass is 10.0. The normalized spacial score (nSPS) is 12.6. The van der Waals surface area contributed by atoms with Crippen molar-refractivity contribution in [1.29, 1.82) is 0 Å². The van der Waals surface area contributed by atoms with E-state index in [2.05, 4.69) is 18.0 Å². The zero-order valence-electron chi connectivity index (χ0n) is 11.2. The van der Waals surface area contributed by atoms with Gasteiger partial charge < -0.3 is 5.11 Å². The van der Waals surface area contributed by atoms with Gasteiger partial charge in [-0.2, -0.15) is 0 Å². The molecule has 96 valence electrons. The second kappa shape index (κ2) is 8.24. The number of unbranched alkanes of at least 4 members (excludes halogenated alkanes) is 4. The summed E-state index contributed by atoms with van der Waals surface area (Å²) in [6.45, 7) is 4.25. The van der Waals surface area contributed by atoms with Gasteiger partial charge >= 0.3 is 0 Å². The van der Waals surface area contributed by atoms with Crippen molar-refractivity contribution >= 4 is 0 Å². The van der Waals surface area contributed by atoms with Crippen molar-refractivity contribution in [2.75, 3.05) is 0 Å². The lowest BCUT2D eigenvalue weighted by Gasteiger charge is -2.09. The SMILES string of the molecule is CCCCCCCC(O)Cc1ccc(C)cn1. The molecular formula is C15H25NO. The summed E-state index contributed by atoms with van der Waals surface area (Å²) in [5.41, 5.74) is 2.17. The van der Waals surface area contributed by atoms with Crippen LogP contribution in [-0.2, 0) is 6.42 Å². The van der Waals surface area contributed by atoms with Crippen LogP contribution in [0.25, 0.3) is 0 Å². The summed E-state index contributed by atoms with van der Waals surface area (Å²) < 4.78 is 0. The van der Waals surface area contributed by atoms with Gasteiger partial charge in [-0.05, 0) is 25.0 Å². The topological polar surface area (TPSA) is 33.1 Å². The molecule has 0 aromatic carbocycles. The van der Waals surface area contributed by atoms with E-state index in [0.29, 0.717) is 6.42 Å². The van der Waals surface area contributed by atoms with E-state index in [1.807, 2.05) is 19.2 Å². The molecule has 0 radical (unpaired) electrons. The molecule has 0 saturated carbocycles. The number of hydrogen-bond acceptors (Lipinski definition) is 2. The van der Waals surface area contributed by atoms with E-state index < -0.39 is 0 Å². The summed E-state index contributed by atoms with van der Waals surface area (Å²) in [7, 11) is 0. The second-order valence-corrected chi connectivity index (χ2v) is 4.89. The first-order valence-corrected chi connectivity index (χ1v) is 6.82. The van der Waals surface area contributed by atoms with Gasteiger partial charge in [0, 0.05) is 18.3 Å². The minimum absolute atomic E-state index is 0.230. The molecule has 2 nitrogen and oxygen atoms in total. The molecule has 1 N–H and O–H groups in total. The van der Waals surface area contributed by atoms with Crippen molar-refractivity contribution in [1.82, 2.24) is 4.98 Å². The van der Waals surface area contributed by atoms with Gasteiger partial charge in [0.1, 0.15) is 0 Å². The van der Waals surface area contributed by atoms with Gasteiger partial charge in [0.15, 0.2) is 0 Å². The maximum atomic E-state index is 9.89. The molecule has 1 rings (SSSR count). The van der Waals surface area contributed by atoms with E-state index >= 15 is 0 Å². The number of pyridine rings is 1. The van der Waals surface area contributed by atoms with Crippen LogP contribution in [0.3, 0.4) is 0 Å². The van der Waals surface area contributed by atoms with Gasteiger partial charge in [-0.1, -0.05) is 45.1 Å². The molecule has 1 heterocycles. The van der Waals surface area contributed by atoms with E-state index in [0.717, 1.165) is 18.5 Å². The van der Waals surface area contributed by atoms with Gasteiger partial charge in [-0.15, -0.1) is 0 Å². The van der Waals surface area contributed by atoms with E-state index in [9.17, 15) is 5.11 Å². The number of aromatic nitrogens is 1. The van der Waals surface area contributed by atoms with Crippen molar-refractivity contribution < 1.29 is 5.11 Å². The van der Waals surface area contributed by atoms with Crippen molar-refractivity contribution in [2.24, 2.45) is 0 Å². The highest BCUT2D eigenvalue weighted by Crippen LogP contribution is 2.10. The molecule has 0 bridgehead atoms. The Bertz CT molecular complexity index is 294. The molecule has 0 spiro atoms. The number of rotatable bonds is 8. The van der Waals surface area contributed by atoms with Crippen molar-refractivity contribution in [2.45, 2.75) is 64.9 Å². The van der Waals surface area contributed by atoms with Crippen molar-refractivity contribution in [3.05, 3.63) is 29.6 Å². The van der Waals surface area contributed by atoms with Crippen LogP contribution in [0.2, 0.25) is 0 Å². The fraction of sp³-hybridized carbons (Fsp3) is 0.667. The van der Waals surface area contributed by atoms with Crippen LogP contribution in [0.15, 0.2) is 18.3 Å². The fourth-order valence-corrected chi connectivity index (χ4v) is 1.95. The molecule has 0 saturated heterocycles. The lowest BCUT2D eigenvalue weighted by molar-refractivity contribution is 0.159. The van der Waals surface area contributed by atoms with Gasteiger partial charge in [0.25, 0.3) is 0 Å². The summed E-state index contributed by atoms with van der Waals surface area (Å²) in [5.74, 6) is 0. The van der Waals surface area contributed by atoms with Crippen LogP contribution in [0.1, 0.15) is 56.7 Å². The molecule has 0 aliphatic carbocycles. The van der Waals surface area contributed by atoms with Crippen molar-refractivity contribution in [3.8, 4) is 0 Å². The minimum atomic E-state index is -0.230. The van der Waals surface area contributed by atoms with Crippen LogP contribution in [0.5, 0.6) is 0 Å². The van der Waals surface area contributed by atoms with E-state index in [-0.39, 0.29) is 6.10 Å². The van der Waals surface area contributed by atoms with E-state index in [1.165, 1.54) is 31.2 Å². The third kappa shape index (κ3) is 6.42. The molecule has 1 atom stereocenters. The number of aliphatic hydroxyl groups excluding tert-OH is 1. The molecule has 1 aromatic rings. The minimum Gasteiger partial charge on any atom is -0.393 e. The Kier molecular flexibility index (Phi) is 6.87. The van der Waals surface area contributed by atoms with Crippen LogP contribution < -0.4 is 0 Å². The maximum absolute atomic E-state index is 9.89. The molecule has 0 aliphatic heterocycles. The summed E-state index contributed by atoms with van der Waals surface area (Å²) >= 11 is 0. The van der Waals surface area contributed by atoms with Crippen LogP contribution in [0.4, 0.5) is 0 Å². The highest BCUT2D eigenvalue weighted by Gasteiger charge is 2.06. The second-order valence-electron chi connectivity index (χ2n) is 4.89. The Balaban J connectivity index is 2.16. The third-order valence-electron chi connectivity index (χ3n) is 3.06. The van der Waals surface area contributed by atoms with Gasteiger partial charge in [0.05, 0.1) is 6.10 Å². The Hall–Kier alpha value is -0.890. The van der Waals surface area contributed by atoms with Crippen LogP contribution in [0, 0.1) is 6.92 Å². The molecular weight excluding hydrogens is 210 g/mol. The highest BCUT2D eigenvalue weighted by molar-refractivity contribution is 5.12. The average molecular weight is 235 g/mol. The number of aliphatic hydroxyl groups is 1. The van der Waals surface area contributed by atoms with Gasteiger partial charge in [0.2, 0.25) is 0 Å². The average Bonchev–Trinajstić information content (AvgIpc) is 2.32. The monoisotopic (exact) mass is 235 g/mol. The Morgan fingerprint density at radius 3 is 2.59 bits per heavy atom. The molecule has 1 aromatic heterocycles. The van der Waals surface area contributed by atoms with Crippen molar-refractivity contribution in [3.63, 3.8) is 0 Å². The number of aryl methyl sites for hydroxylation is 1. The first-order chi connectivity index (χ1) is 8.22. The fourth-order valence-electron chi connectivity index (χ4n) is 1.95. The van der Waals surface area contributed by atoms with E-state index in [1.54, 1.807) is 0 Å². The summed E-state index contributed by atoms with van der Waals surface area (Å²) in [6.07, 6.45) is 9.49. The molecule has 2 heteroatoms. The first-order valence-electron chi connectivity index (χ1n) is 6.82. The first kappa shape index (κ1) is 14.2. The van der Waals surface area contributed by atoms with Gasteiger partial charge in [-0.3, -0.25) is 4.98 Å². The van der Waals surface area contributed by atoms with Crippen LogP contribution >= 0.6 is 0 Å². The Morgan fingerprint density at radius 1 is 1.18 bits per heavy atom. The lowest BCUT2D eigenvalue weighted by Crippen LogP contribution is -2.11. The molecule has 17 heavy (non-hydrogen) atoms. The molecule has 0 aliphatic rings. The van der Waals surface area contributed by atoms with Crippen LogP contribution in [-0.4, -0.2) is 16.2 Å². The molecule has 0 fully saturated rings. The molecule has 1 unspecified atom stereocenters. The third-order valence-corrected chi connectivity index (χ3v) is 3.06. The molecule has 0 amide bonds. The summed E-state index contributed by atoms with van der Waals surface area (Å²) in [6, 6.07) is 4.06. The largest absolute Gasteiger partial charge is 0.393 e. The Morgan fingerprint density at radius 2 is 1.94 bits per heavy atom. The van der Waals surface area contributed by atoms with E-state index in [4.69, 9.17) is 0 Å². The Labute approximate surface area is 105 Å². The summed E-state index contributed by atoms with van der Waals surface area (Å²) in [4.78, 5) is 4.32. The summed E-state index contributed by atoms with van der Waals surface area (Å²) in [5, 5.41) is 9.89. The predicted molar refractivity (Wildman–Crippen MR) is 72.1 cm³/mol.